The Morgan fingerprint density at radius 1 is 0.465 bits per heavy atom. The van der Waals surface area contributed by atoms with Gasteiger partial charge in [-0.3, -0.25) is 19.4 Å². The third kappa shape index (κ3) is 7.36. The van der Waals surface area contributed by atoms with Crippen LogP contribution in [-0.4, -0.2) is 47.5 Å². The molecule has 0 radical (unpaired) electrons. The molecule has 2 N–H and O–H groups in total. The standard InChI is InChI=1S/C37H36N4O2/c42-36-26-40(22-28-13-5-1-6-14-28)24-34(38-30-17-9-3-10-18-30)32(36)21-33-35(39-31-19-11-4-12-20-31)25-41(27-37(33)43)23-29-15-7-2-8-16-29/h1-20,38-39H,21-27H2. The number of nitrogens with zero attached hydrogens (tertiary/aromatic N) is 2. The molecule has 6 rings (SSSR count). The molecule has 2 aliphatic heterocycles. The van der Waals surface area contributed by atoms with Gasteiger partial charge < -0.3 is 10.6 Å². The molecular formula is C37H36N4O2. The van der Waals surface area contributed by atoms with Crippen LogP contribution in [0.3, 0.4) is 0 Å². The minimum atomic E-state index is 0.0479. The van der Waals surface area contributed by atoms with Gasteiger partial charge in [-0.25, -0.2) is 0 Å². The second kappa shape index (κ2) is 13.5. The first-order valence-corrected chi connectivity index (χ1v) is 14.8. The van der Waals surface area contributed by atoms with Crippen LogP contribution in [0, 0.1) is 0 Å². The van der Waals surface area contributed by atoms with Gasteiger partial charge in [0.05, 0.1) is 13.1 Å². The predicted octanol–water partition coefficient (Wildman–Crippen LogP) is 6.28. The van der Waals surface area contributed by atoms with Crippen LogP contribution in [0.2, 0.25) is 0 Å². The summed E-state index contributed by atoms with van der Waals surface area (Å²) in [5, 5.41) is 7.08. The highest BCUT2D eigenvalue weighted by Crippen LogP contribution is 2.29. The molecule has 43 heavy (non-hydrogen) atoms. The van der Waals surface area contributed by atoms with Gasteiger partial charge in [-0.05, 0) is 35.4 Å². The number of carbonyl (C=O) groups is 2. The average molecular weight is 569 g/mol. The van der Waals surface area contributed by atoms with Crippen molar-refractivity contribution in [3.63, 3.8) is 0 Å². The van der Waals surface area contributed by atoms with Crippen LogP contribution in [-0.2, 0) is 22.7 Å². The molecule has 0 spiro atoms. The van der Waals surface area contributed by atoms with E-state index in [1.54, 1.807) is 0 Å². The average Bonchev–Trinajstić information content (AvgIpc) is 3.02. The molecule has 0 aliphatic carbocycles. The van der Waals surface area contributed by atoms with E-state index in [9.17, 15) is 9.59 Å². The van der Waals surface area contributed by atoms with Crippen molar-refractivity contribution in [3.05, 3.63) is 155 Å². The molecule has 0 saturated carbocycles. The summed E-state index contributed by atoms with van der Waals surface area (Å²) in [6.07, 6.45) is 0.292. The molecule has 2 aliphatic rings. The van der Waals surface area contributed by atoms with Gasteiger partial charge in [-0.2, -0.15) is 0 Å². The summed E-state index contributed by atoms with van der Waals surface area (Å²) in [5.41, 5.74) is 7.23. The summed E-state index contributed by atoms with van der Waals surface area (Å²) in [6, 6.07) is 40.3. The van der Waals surface area contributed by atoms with Crippen molar-refractivity contribution < 1.29 is 9.59 Å². The van der Waals surface area contributed by atoms with Gasteiger partial charge >= 0.3 is 0 Å². The molecule has 6 heteroatoms. The van der Waals surface area contributed by atoms with Gasteiger partial charge in [0.2, 0.25) is 0 Å². The fourth-order valence-electron chi connectivity index (χ4n) is 5.80. The largest absolute Gasteiger partial charge is 0.357 e. The van der Waals surface area contributed by atoms with Gasteiger partial charge in [-0.1, -0.05) is 97.1 Å². The molecule has 0 amide bonds. The van der Waals surface area contributed by atoms with Crippen LogP contribution < -0.4 is 10.6 Å². The van der Waals surface area contributed by atoms with Crippen molar-refractivity contribution >= 4 is 22.9 Å². The number of hydrogen-bond donors (Lipinski definition) is 2. The summed E-state index contributed by atoms with van der Waals surface area (Å²) in [6.45, 7) is 3.16. The number of para-hydroxylation sites is 2. The molecule has 4 aromatic rings. The second-order valence-electron chi connectivity index (χ2n) is 11.2. The van der Waals surface area contributed by atoms with Gasteiger partial charge in [0, 0.05) is 66.5 Å². The Hall–Kier alpha value is -4.78. The number of ketones is 2. The van der Waals surface area contributed by atoms with Crippen molar-refractivity contribution in [1.29, 1.82) is 0 Å². The van der Waals surface area contributed by atoms with Crippen molar-refractivity contribution in [2.75, 3.05) is 36.8 Å². The molecule has 0 atom stereocenters. The number of Topliss-reactive ketones (excluding diaryl/α,β-unsaturated/α-hetero) is 2. The zero-order chi connectivity index (χ0) is 29.4. The van der Waals surface area contributed by atoms with Crippen LogP contribution in [0.1, 0.15) is 17.5 Å². The molecule has 0 saturated heterocycles. The minimum absolute atomic E-state index is 0.0479. The van der Waals surface area contributed by atoms with Crippen molar-refractivity contribution in [1.82, 2.24) is 9.80 Å². The van der Waals surface area contributed by atoms with Crippen LogP contribution in [0.5, 0.6) is 0 Å². The van der Waals surface area contributed by atoms with E-state index in [1.165, 1.54) is 0 Å². The van der Waals surface area contributed by atoms with Crippen LogP contribution in [0.4, 0.5) is 11.4 Å². The smallest absolute Gasteiger partial charge is 0.174 e. The highest BCUT2D eigenvalue weighted by molar-refractivity contribution is 6.04. The maximum absolute atomic E-state index is 13.8. The Morgan fingerprint density at radius 3 is 1.19 bits per heavy atom. The molecule has 0 fully saturated rings. The molecule has 0 aromatic heterocycles. The summed E-state index contributed by atoms with van der Waals surface area (Å²) in [7, 11) is 0. The number of nitrogens with one attached hydrogen (secondary N) is 2. The van der Waals surface area contributed by atoms with Crippen molar-refractivity contribution in [3.8, 4) is 0 Å². The normalized spacial score (nSPS) is 16.5. The maximum atomic E-state index is 13.8. The highest BCUT2D eigenvalue weighted by atomic mass is 16.1. The number of anilines is 2. The lowest BCUT2D eigenvalue weighted by atomic mass is 9.90. The highest BCUT2D eigenvalue weighted by Gasteiger charge is 2.32. The molecule has 0 unspecified atom stereocenters. The lowest BCUT2D eigenvalue weighted by molar-refractivity contribution is -0.117. The van der Waals surface area contributed by atoms with Gasteiger partial charge in [0.1, 0.15) is 0 Å². The zero-order valence-corrected chi connectivity index (χ0v) is 24.2. The van der Waals surface area contributed by atoms with Gasteiger partial charge in [-0.15, -0.1) is 0 Å². The number of rotatable bonds is 10. The third-order valence-corrected chi connectivity index (χ3v) is 7.89. The summed E-state index contributed by atoms with van der Waals surface area (Å²) >= 11 is 0. The first-order valence-electron chi connectivity index (χ1n) is 14.8. The fraction of sp³-hybridized carbons (Fsp3) is 0.189. The maximum Gasteiger partial charge on any atom is 0.174 e. The summed E-state index contributed by atoms with van der Waals surface area (Å²) < 4.78 is 0. The summed E-state index contributed by atoms with van der Waals surface area (Å²) in [4.78, 5) is 32.0. The van der Waals surface area contributed by atoms with Crippen molar-refractivity contribution in [2.45, 2.75) is 19.5 Å². The van der Waals surface area contributed by atoms with E-state index in [0.717, 1.165) is 33.9 Å². The van der Waals surface area contributed by atoms with Crippen molar-refractivity contribution in [2.24, 2.45) is 0 Å². The zero-order valence-electron chi connectivity index (χ0n) is 24.2. The van der Waals surface area contributed by atoms with Gasteiger partial charge in [0.25, 0.3) is 0 Å². The monoisotopic (exact) mass is 568 g/mol. The lowest BCUT2D eigenvalue weighted by Crippen LogP contribution is -2.41. The number of hydrogen-bond acceptors (Lipinski definition) is 6. The van der Waals surface area contributed by atoms with E-state index < -0.39 is 0 Å². The molecule has 216 valence electrons. The van der Waals surface area contributed by atoms with E-state index in [4.69, 9.17) is 0 Å². The van der Waals surface area contributed by atoms with E-state index in [-0.39, 0.29) is 11.6 Å². The first kappa shape index (κ1) is 28.3. The Labute approximate surface area is 253 Å². The second-order valence-corrected chi connectivity index (χ2v) is 11.2. The Morgan fingerprint density at radius 2 is 0.814 bits per heavy atom. The lowest BCUT2D eigenvalue weighted by Gasteiger charge is -2.33. The first-order chi connectivity index (χ1) is 21.1. The van der Waals surface area contributed by atoms with Gasteiger partial charge in [0.15, 0.2) is 11.6 Å². The number of carbonyl (C=O) groups excluding carboxylic acids is 2. The Bertz CT molecular complexity index is 1490. The molecule has 4 aromatic carbocycles. The fourth-order valence-corrected chi connectivity index (χ4v) is 5.80. The van der Waals surface area contributed by atoms with Crippen LogP contribution in [0.15, 0.2) is 144 Å². The quantitative estimate of drug-likeness (QED) is 0.235. The van der Waals surface area contributed by atoms with E-state index in [2.05, 4.69) is 44.7 Å². The third-order valence-electron chi connectivity index (χ3n) is 7.89. The molecule has 2 heterocycles. The molecule has 0 bridgehead atoms. The predicted molar refractivity (Wildman–Crippen MR) is 172 cm³/mol. The molecule has 6 nitrogen and oxygen atoms in total. The van der Waals surface area contributed by atoms with E-state index in [0.29, 0.717) is 56.8 Å². The van der Waals surface area contributed by atoms with E-state index >= 15 is 0 Å². The SMILES string of the molecule is O=C1CN(Cc2ccccc2)CC(Nc2ccccc2)=C1CC1=C(Nc2ccccc2)CN(Cc2ccccc2)CC1=O. The summed E-state index contributed by atoms with van der Waals surface area (Å²) in [5.74, 6) is 0.0957. The number of benzene rings is 4. The minimum Gasteiger partial charge on any atom is -0.357 e. The molecular weight excluding hydrogens is 532 g/mol. The van der Waals surface area contributed by atoms with Crippen LogP contribution >= 0.6 is 0 Å². The van der Waals surface area contributed by atoms with Crippen LogP contribution in [0.25, 0.3) is 0 Å². The Kier molecular flexibility index (Phi) is 8.88. The van der Waals surface area contributed by atoms with E-state index in [1.807, 2.05) is 97.1 Å². The Balaban J connectivity index is 1.33. The topological polar surface area (TPSA) is 64.7 Å².